The summed E-state index contributed by atoms with van der Waals surface area (Å²) in [7, 11) is 4.43. The second-order valence-electron chi connectivity index (χ2n) is 10.3. The van der Waals surface area contributed by atoms with E-state index in [1.807, 2.05) is 40.7 Å². The second kappa shape index (κ2) is 21.3. The van der Waals surface area contributed by atoms with Gasteiger partial charge in [0.1, 0.15) is 5.84 Å². The van der Waals surface area contributed by atoms with E-state index in [-0.39, 0.29) is 17.3 Å². The maximum absolute atomic E-state index is 14.1. The predicted octanol–water partition coefficient (Wildman–Crippen LogP) is 6.51. The lowest BCUT2D eigenvalue weighted by atomic mass is 10.1. The van der Waals surface area contributed by atoms with Gasteiger partial charge in [0.2, 0.25) is 0 Å². The van der Waals surface area contributed by atoms with Crippen LogP contribution in [0.5, 0.6) is 0 Å². The average molecular weight is 667 g/mol. The molecular weight excluding hydrogens is 612 g/mol. The van der Waals surface area contributed by atoms with E-state index in [0.717, 1.165) is 36.7 Å². The lowest BCUT2D eigenvalue weighted by Crippen LogP contribution is -2.45. The Hall–Kier alpha value is -2.58. The van der Waals surface area contributed by atoms with E-state index in [4.69, 9.17) is 20.6 Å². The number of ether oxygens (including phenoxy) is 1. The molecule has 0 aromatic carbocycles. The highest BCUT2D eigenvalue weighted by atomic mass is 31.0. The van der Waals surface area contributed by atoms with Crippen molar-refractivity contribution in [2.24, 2.45) is 26.8 Å². The van der Waals surface area contributed by atoms with Gasteiger partial charge in [-0.1, -0.05) is 81.7 Å². The Labute approximate surface area is 274 Å². The standard InChI is InChI=1S/C28H42F2N8OP2.2C2H6/c1-5-6-7-21(28(29,30)41)17-20(4)34-23-9-8-22(35-24(23)16-19(2)3)18-33-38(31)27-32-11-10-25(40)26(36-27)37-12-14-39-15-13-37;2*1-2/h5-9,17-20,25,34H,1,10-16,31,40-41H2,2-4H3;2*1-2H3/b7-6-,21-17+,33-18+;;. The van der Waals surface area contributed by atoms with Crippen LogP contribution in [-0.4, -0.2) is 83.2 Å². The van der Waals surface area contributed by atoms with Crippen molar-refractivity contribution in [2.75, 3.05) is 38.2 Å². The van der Waals surface area contributed by atoms with Crippen LogP contribution in [0.2, 0.25) is 0 Å². The van der Waals surface area contributed by atoms with Crippen LogP contribution in [0.15, 0.2) is 63.7 Å². The number of aromatic nitrogens is 1. The average Bonchev–Trinajstić information content (AvgIpc) is 3.22. The molecule has 2 aliphatic rings. The number of allylic oxidation sites excluding steroid dienone is 4. The highest BCUT2D eigenvalue weighted by Crippen LogP contribution is 2.32. The number of nitrogens with two attached hydrogens (primary N) is 1. The number of halogens is 2. The van der Waals surface area contributed by atoms with Gasteiger partial charge >= 0.3 is 0 Å². The van der Waals surface area contributed by atoms with Crippen LogP contribution < -0.4 is 11.2 Å². The fourth-order valence-corrected chi connectivity index (χ4v) is 4.94. The zero-order chi connectivity index (χ0) is 34.0. The molecule has 0 amide bonds. The van der Waals surface area contributed by atoms with Crippen LogP contribution in [0.3, 0.4) is 0 Å². The fourth-order valence-electron chi connectivity index (χ4n) is 4.32. The molecule has 1 aromatic heterocycles. The molecule has 2 aliphatic heterocycles. The van der Waals surface area contributed by atoms with Gasteiger partial charge in [0.25, 0.3) is 11.6 Å². The minimum Gasteiger partial charge on any atom is -0.378 e. The highest BCUT2D eigenvalue weighted by molar-refractivity contribution is 7.19. The first-order valence-electron chi connectivity index (χ1n) is 15.7. The van der Waals surface area contributed by atoms with Gasteiger partial charge in [-0.3, -0.25) is 0 Å². The molecule has 3 heterocycles. The van der Waals surface area contributed by atoms with Crippen LogP contribution >= 0.6 is 18.5 Å². The summed E-state index contributed by atoms with van der Waals surface area (Å²) in [4.78, 5) is 16.3. The van der Waals surface area contributed by atoms with Gasteiger partial charge in [0.15, 0.2) is 0 Å². The minimum atomic E-state index is -3.06. The van der Waals surface area contributed by atoms with Crippen molar-refractivity contribution in [1.29, 1.82) is 0 Å². The smallest absolute Gasteiger partial charge is 0.283 e. The Bertz CT molecular complexity index is 1190. The number of morpholine rings is 1. The predicted molar refractivity (Wildman–Crippen MR) is 195 cm³/mol. The van der Waals surface area contributed by atoms with Crippen molar-refractivity contribution in [3.8, 4) is 0 Å². The number of alkyl halides is 2. The molecule has 0 bridgehead atoms. The van der Waals surface area contributed by atoms with E-state index in [1.165, 1.54) is 29.4 Å². The third-order valence-electron chi connectivity index (χ3n) is 6.30. The second-order valence-corrected chi connectivity index (χ2v) is 11.9. The van der Waals surface area contributed by atoms with Crippen molar-refractivity contribution in [3.63, 3.8) is 0 Å². The van der Waals surface area contributed by atoms with Crippen LogP contribution in [0.4, 0.5) is 14.5 Å². The third-order valence-corrected chi connectivity index (χ3v) is 7.27. The van der Waals surface area contributed by atoms with Crippen molar-refractivity contribution in [1.82, 2.24) is 15.0 Å². The Kier molecular flexibility index (Phi) is 19.1. The number of hydrogen-bond donors (Lipinski definition) is 2. The van der Waals surface area contributed by atoms with Gasteiger partial charge in [0, 0.05) is 36.9 Å². The molecule has 3 rings (SSSR count). The maximum atomic E-state index is 14.1. The van der Waals surface area contributed by atoms with Crippen molar-refractivity contribution >= 4 is 42.2 Å². The normalized spacial score (nSPS) is 18.3. The number of hydrazone groups is 1. The number of hydrogen-bond acceptors (Lipinski definition) is 9. The molecule has 4 atom stereocenters. The van der Waals surface area contributed by atoms with Crippen LogP contribution in [0.25, 0.3) is 0 Å². The zero-order valence-corrected chi connectivity index (χ0v) is 30.3. The topological polar surface area (TPSA) is 104 Å². The number of hydrazine groups is 1. The van der Waals surface area contributed by atoms with Crippen molar-refractivity contribution in [2.45, 2.75) is 78.7 Å². The van der Waals surface area contributed by atoms with Gasteiger partial charge in [-0.05, 0) is 37.8 Å². The first-order valence-corrected chi connectivity index (χ1v) is 17.0. The number of nitrogens with zero attached hydrogens (tertiary/aromatic N) is 6. The minimum absolute atomic E-state index is 0.124. The number of amidine groups is 1. The molecular formula is C32H54F2N8OP2. The molecule has 4 unspecified atom stereocenters. The highest BCUT2D eigenvalue weighted by Gasteiger charge is 2.26. The molecule has 0 saturated carbocycles. The van der Waals surface area contributed by atoms with Crippen molar-refractivity contribution in [3.05, 3.63) is 60.0 Å². The summed E-state index contributed by atoms with van der Waals surface area (Å²) >= 11 is 0. The molecule has 13 heteroatoms. The van der Waals surface area contributed by atoms with Crippen LogP contribution in [0, 0.1) is 5.92 Å². The third kappa shape index (κ3) is 14.2. The Morgan fingerprint density at radius 3 is 2.51 bits per heavy atom. The van der Waals surface area contributed by atoms with E-state index < -0.39 is 5.66 Å². The lowest BCUT2D eigenvalue weighted by Gasteiger charge is -2.32. The largest absolute Gasteiger partial charge is 0.378 e. The number of aliphatic imine (C=N–C) groups is 2. The number of rotatable bonds is 10. The van der Waals surface area contributed by atoms with Gasteiger partial charge in [-0.15, -0.1) is 9.24 Å². The van der Waals surface area contributed by atoms with E-state index in [0.29, 0.717) is 43.8 Å². The Balaban J connectivity index is 0.00000243. The SMILES string of the molecule is C=C/C=C\C(=C/C(C)Nc1ccc(/C=N/N(N)C2=NCCC(P)C(N3CCOCC3)=N2)nc1CC(C)C)C(F)(F)P.CC.CC. The summed E-state index contributed by atoms with van der Waals surface area (Å²) < 4.78 is 33.6. The molecule has 0 aliphatic carbocycles. The Morgan fingerprint density at radius 1 is 1.24 bits per heavy atom. The first-order chi connectivity index (χ1) is 21.5. The van der Waals surface area contributed by atoms with E-state index in [2.05, 4.69) is 50.0 Å². The van der Waals surface area contributed by atoms with E-state index in [9.17, 15) is 8.78 Å². The summed E-state index contributed by atoms with van der Waals surface area (Å²) in [6.07, 6.45) is 8.90. The van der Waals surface area contributed by atoms with Crippen molar-refractivity contribution < 1.29 is 13.5 Å². The molecule has 3 N–H and O–H groups in total. The molecule has 1 aromatic rings. The molecule has 45 heavy (non-hydrogen) atoms. The van der Waals surface area contributed by atoms with Gasteiger partial charge < -0.3 is 15.0 Å². The lowest BCUT2D eigenvalue weighted by molar-refractivity contribution is 0.0673. The number of pyridine rings is 1. The maximum Gasteiger partial charge on any atom is 0.283 e. The van der Waals surface area contributed by atoms with Gasteiger partial charge in [0.05, 0.1) is 36.5 Å². The van der Waals surface area contributed by atoms with E-state index >= 15 is 0 Å². The first kappa shape index (κ1) is 40.4. The molecule has 0 radical (unpaired) electrons. The summed E-state index contributed by atoms with van der Waals surface area (Å²) in [6, 6.07) is 3.30. The molecule has 1 fully saturated rings. The summed E-state index contributed by atoms with van der Waals surface area (Å²) in [5.41, 5.74) is -0.843. The molecule has 252 valence electrons. The quantitative estimate of drug-likeness (QED) is 0.0971. The number of guanidine groups is 1. The number of anilines is 1. The van der Waals surface area contributed by atoms with Gasteiger partial charge in [-0.25, -0.2) is 15.8 Å². The zero-order valence-electron chi connectivity index (χ0n) is 28.0. The molecule has 9 nitrogen and oxygen atoms in total. The van der Waals surface area contributed by atoms with E-state index in [1.54, 1.807) is 21.5 Å². The fraction of sp³-hybridized carbons (Fsp3) is 0.562. The van der Waals surface area contributed by atoms with Gasteiger partial charge in [-0.2, -0.15) is 24.0 Å². The number of nitrogens with one attached hydrogen (secondary N) is 1. The van der Waals surface area contributed by atoms with Crippen LogP contribution in [0.1, 0.15) is 66.3 Å². The summed E-state index contributed by atoms with van der Waals surface area (Å²) in [5.74, 6) is 7.83. The monoisotopic (exact) mass is 666 g/mol. The molecule has 0 spiro atoms. The Morgan fingerprint density at radius 2 is 1.91 bits per heavy atom. The van der Waals surface area contributed by atoms with Crippen LogP contribution in [-0.2, 0) is 11.2 Å². The molecule has 1 saturated heterocycles. The summed E-state index contributed by atoms with van der Waals surface area (Å²) in [5, 5.41) is 8.86. The summed E-state index contributed by atoms with van der Waals surface area (Å²) in [6.45, 7) is 21.0.